The molecule has 0 unspecified atom stereocenters. The maximum absolute atomic E-state index is 13.0. The van der Waals surface area contributed by atoms with Crippen molar-refractivity contribution in [3.05, 3.63) is 59.7 Å². The molecule has 0 aliphatic rings. The Bertz CT molecular complexity index is 1200. The van der Waals surface area contributed by atoms with Crippen molar-refractivity contribution < 1.29 is 65.3 Å². The molecule has 0 bridgehead atoms. The van der Waals surface area contributed by atoms with E-state index < -0.39 is 17.7 Å². The van der Waals surface area contributed by atoms with E-state index in [9.17, 15) is 18.0 Å². The number of unbranched alkanes of at least 4 members (excludes halogenated alkanes) is 3. The normalized spacial score (nSPS) is 11.6. The van der Waals surface area contributed by atoms with E-state index in [2.05, 4.69) is 27.9 Å². The summed E-state index contributed by atoms with van der Waals surface area (Å²) < 4.78 is 95.0. The summed E-state index contributed by atoms with van der Waals surface area (Å²) in [5.74, 6) is -0.626. The highest BCUT2D eigenvalue weighted by molar-refractivity contribution is 14.1. The number of para-hydroxylation sites is 1. The molecule has 1 N–H and O–H groups in total. The summed E-state index contributed by atoms with van der Waals surface area (Å²) in [5.41, 5.74) is -0.0818. The Morgan fingerprint density at radius 2 is 0.944 bits per heavy atom. The number of carbonyl (C=O) groups excluding carboxylic acids is 1. The van der Waals surface area contributed by atoms with Crippen LogP contribution in [0.3, 0.4) is 0 Å². The van der Waals surface area contributed by atoms with E-state index in [1.54, 1.807) is 18.2 Å². The molecule has 0 saturated carbocycles. The lowest BCUT2D eigenvalue weighted by Crippen LogP contribution is -2.16. The van der Waals surface area contributed by atoms with Gasteiger partial charge in [0.05, 0.1) is 129 Å². The van der Waals surface area contributed by atoms with Gasteiger partial charge in [0.2, 0.25) is 0 Å². The van der Waals surface area contributed by atoms with Crippen molar-refractivity contribution in [3.63, 3.8) is 0 Å². The van der Waals surface area contributed by atoms with Crippen LogP contribution in [-0.2, 0) is 53.5 Å². The highest BCUT2D eigenvalue weighted by Crippen LogP contribution is 2.32. The van der Waals surface area contributed by atoms with Gasteiger partial charge < -0.3 is 52.7 Å². The van der Waals surface area contributed by atoms with Crippen molar-refractivity contribution in [2.45, 2.75) is 31.9 Å². The Morgan fingerprint density at radius 3 is 1.41 bits per heavy atom. The van der Waals surface area contributed by atoms with Gasteiger partial charge in [-0.3, -0.25) is 0 Å². The quantitative estimate of drug-likeness (QED) is 0.0338. The highest BCUT2D eigenvalue weighted by atomic mass is 127. The maximum atomic E-state index is 13.0. The number of benzene rings is 2. The SMILES string of the molecule is O=C(OCCOCCOCCOCCOCCOCCOCCOCCOCCOCCCCCCI)c1ccccc1Nc1cccc(C(F)(F)F)c1. The van der Waals surface area contributed by atoms with Gasteiger partial charge in [-0.25, -0.2) is 4.79 Å². The number of rotatable bonds is 36. The Labute approximate surface area is 331 Å². The highest BCUT2D eigenvalue weighted by Gasteiger charge is 2.30. The molecule has 12 nitrogen and oxygen atoms in total. The van der Waals surface area contributed by atoms with Gasteiger partial charge in [0.1, 0.15) is 6.61 Å². The van der Waals surface area contributed by atoms with Crippen LogP contribution in [0.2, 0.25) is 0 Å². The number of alkyl halides is 4. The first-order valence-corrected chi connectivity index (χ1v) is 19.9. The van der Waals surface area contributed by atoms with Crippen LogP contribution in [0.4, 0.5) is 24.5 Å². The first-order chi connectivity index (χ1) is 26.4. The zero-order valence-electron chi connectivity index (χ0n) is 31.1. The third-order valence-electron chi connectivity index (χ3n) is 7.23. The molecular weight excluding hydrogens is 830 g/mol. The fourth-order valence-electron chi connectivity index (χ4n) is 4.48. The summed E-state index contributed by atoms with van der Waals surface area (Å²) in [6, 6.07) is 11.2. The van der Waals surface area contributed by atoms with Crippen molar-refractivity contribution in [2.24, 2.45) is 0 Å². The second-order valence-electron chi connectivity index (χ2n) is 11.5. The van der Waals surface area contributed by atoms with E-state index in [0.717, 1.165) is 25.2 Å². The number of esters is 1. The number of anilines is 2. The largest absolute Gasteiger partial charge is 0.460 e. The number of ether oxygens (including phenoxy) is 10. The molecule has 0 aliphatic carbocycles. The van der Waals surface area contributed by atoms with Crippen molar-refractivity contribution >= 4 is 39.9 Å². The molecule has 54 heavy (non-hydrogen) atoms. The van der Waals surface area contributed by atoms with E-state index in [0.29, 0.717) is 111 Å². The molecule has 308 valence electrons. The van der Waals surface area contributed by atoms with Gasteiger partial charge >= 0.3 is 12.1 Å². The minimum atomic E-state index is -4.48. The van der Waals surface area contributed by atoms with E-state index in [-0.39, 0.29) is 24.5 Å². The average molecular weight is 888 g/mol. The van der Waals surface area contributed by atoms with Gasteiger partial charge in [0, 0.05) is 12.3 Å². The summed E-state index contributed by atoms with van der Waals surface area (Å²) in [7, 11) is 0. The van der Waals surface area contributed by atoms with Crippen molar-refractivity contribution in [3.8, 4) is 0 Å². The minimum Gasteiger partial charge on any atom is -0.460 e. The zero-order valence-corrected chi connectivity index (χ0v) is 33.2. The molecule has 16 heteroatoms. The number of hydrogen-bond acceptors (Lipinski definition) is 12. The summed E-state index contributed by atoms with van der Waals surface area (Å²) in [6.45, 7) is 8.48. The molecular formula is C38H57F3INO11. The van der Waals surface area contributed by atoms with Crippen LogP contribution in [-0.4, -0.2) is 136 Å². The summed E-state index contributed by atoms with van der Waals surface area (Å²) in [4.78, 5) is 12.6. The molecule has 0 spiro atoms. The second-order valence-corrected chi connectivity index (χ2v) is 12.6. The van der Waals surface area contributed by atoms with Crippen molar-refractivity contribution in [2.75, 3.05) is 135 Å². The molecule has 0 saturated heterocycles. The Balaban J connectivity index is 1.29. The van der Waals surface area contributed by atoms with Gasteiger partial charge in [0.25, 0.3) is 0 Å². The molecule has 0 radical (unpaired) electrons. The molecule has 0 heterocycles. The minimum absolute atomic E-state index is 0.00127. The van der Waals surface area contributed by atoms with Crippen molar-refractivity contribution in [1.29, 1.82) is 0 Å². The van der Waals surface area contributed by atoms with E-state index in [4.69, 9.17) is 47.4 Å². The Morgan fingerprint density at radius 1 is 0.519 bits per heavy atom. The van der Waals surface area contributed by atoms with E-state index in [1.807, 2.05) is 0 Å². The lowest BCUT2D eigenvalue weighted by molar-refractivity contribution is -0.137. The number of carbonyl (C=O) groups is 1. The third-order valence-corrected chi connectivity index (χ3v) is 7.99. The zero-order chi connectivity index (χ0) is 38.8. The monoisotopic (exact) mass is 887 g/mol. The van der Waals surface area contributed by atoms with E-state index in [1.165, 1.54) is 41.9 Å². The Kier molecular flexibility index (Phi) is 29.4. The third kappa shape index (κ3) is 25.9. The van der Waals surface area contributed by atoms with Gasteiger partial charge in [-0.1, -0.05) is 53.6 Å². The number of nitrogens with one attached hydrogen (secondary N) is 1. The summed E-state index contributed by atoms with van der Waals surface area (Å²) >= 11 is 2.41. The second kappa shape index (κ2) is 33.1. The lowest BCUT2D eigenvalue weighted by Gasteiger charge is -2.13. The van der Waals surface area contributed by atoms with Crippen LogP contribution in [0.1, 0.15) is 41.6 Å². The first-order valence-electron chi connectivity index (χ1n) is 18.4. The topological polar surface area (TPSA) is 121 Å². The molecule has 0 amide bonds. The smallest absolute Gasteiger partial charge is 0.416 e. The molecule has 0 aliphatic heterocycles. The molecule has 0 fully saturated rings. The van der Waals surface area contributed by atoms with Crippen LogP contribution in [0.5, 0.6) is 0 Å². The van der Waals surface area contributed by atoms with Crippen LogP contribution < -0.4 is 5.32 Å². The molecule has 0 atom stereocenters. The van der Waals surface area contributed by atoms with Gasteiger partial charge in [-0.2, -0.15) is 13.2 Å². The van der Waals surface area contributed by atoms with Crippen LogP contribution in [0, 0.1) is 0 Å². The fourth-order valence-corrected chi connectivity index (χ4v) is 5.02. The number of hydrogen-bond donors (Lipinski definition) is 1. The predicted octanol–water partition coefficient (Wildman–Crippen LogP) is 6.75. The van der Waals surface area contributed by atoms with Gasteiger partial charge in [0.15, 0.2) is 0 Å². The molecule has 0 aromatic heterocycles. The predicted molar refractivity (Wildman–Crippen MR) is 206 cm³/mol. The standard InChI is InChI=1S/C38H57F3INO11/c39-38(40,41)33-8-7-9-34(32-33)43-36-11-4-3-10-35(36)37(44)54-31-30-53-29-28-52-27-26-51-25-24-50-23-22-49-21-20-48-19-18-47-17-16-46-15-14-45-13-6-2-1-5-12-42/h3-4,7-11,32,43H,1-2,5-6,12-31H2. The fraction of sp³-hybridized carbons (Fsp3) is 0.658. The molecule has 2 aromatic rings. The number of halogens is 4. The van der Waals surface area contributed by atoms with E-state index >= 15 is 0 Å². The van der Waals surface area contributed by atoms with Gasteiger partial charge in [-0.05, 0) is 47.6 Å². The first kappa shape index (κ1) is 48.0. The molecule has 2 rings (SSSR count). The van der Waals surface area contributed by atoms with Crippen LogP contribution in [0.25, 0.3) is 0 Å². The average Bonchev–Trinajstić information content (AvgIpc) is 3.16. The lowest BCUT2D eigenvalue weighted by atomic mass is 10.1. The van der Waals surface area contributed by atoms with Crippen molar-refractivity contribution in [1.82, 2.24) is 0 Å². The van der Waals surface area contributed by atoms with Crippen LogP contribution in [0.15, 0.2) is 48.5 Å². The maximum Gasteiger partial charge on any atom is 0.416 e. The van der Waals surface area contributed by atoms with Gasteiger partial charge in [-0.15, -0.1) is 0 Å². The Hall–Kier alpha value is -2.13. The molecule has 2 aromatic carbocycles. The summed E-state index contributed by atoms with van der Waals surface area (Å²) in [5, 5.41) is 2.86. The van der Waals surface area contributed by atoms with Crippen LogP contribution >= 0.6 is 22.6 Å². The summed E-state index contributed by atoms with van der Waals surface area (Å²) in [6.07, 6.45) is 0.438.